The van der Waals surface area contributed by atoms with Crippen molar-refractivity contribution < 1.29 is 9.59 Å². The lowest BCUT2D eigenvalue weighted by Gasteiger charge is -2.22. The molecule has 2 aromatic rings. The van der Waals surface area contributed by atoms with Gasteiger partial charge in [-0.3, -0.25) is 9.59 Å². The molecule has 0 radical (unpaired) electrons. The zero-order valence-corrected chi connectivity index (χ0v) is 17.6. The van der Waals surface area contributed by atoms with Crippen LogP contribution in [0.25, 0.3) is 0 Å². The average Bonchev–Trinajstić information content (AvgIpc) is 2.92. The van der Waals surface area contributed by atoms with Gasteiger partial charge in [-0.25, -0.2) is 0 Å². The van der Waals surface area contributed by atoms with Crippen molar-refractivity contribution in [3.05, 3.63) is 47.0 Å². The zero-order valence-electron chi connectivity index (χ0n) is 17.6. The van der Waals surface area contributed by atoms with Crippen molar-refractivity contribution >= 4 is 11.8 Å². The Balaban J connectivity index is 1.55. The Bertz CT molecular complexity index is 841. The van der Waals surface area contributed by atoms with Gasteiger partial charge in [0.2, 0.25) is 5.91 Å². The normalized spacial score (nSPS) is 14.8. The molecule has 29 heavy (non-hydrogen) atoms. The highest BCUT2D eigenvalue weighted by molar-refractivity contribution is 5.97. The number of hydrogen-bond donors (Lipinski definition) is 2. The number of rotatable bonds is 7. The lowest BCUT2D eigenvalue weighted by Crippen LogP contribution is -2.50. The van der Waals surface area contributed by atoms with Gasteiger partial charge in [0.05, 0.1) is 0 Å². The Morgan fingerprint density at radius 2 is 1.86 bits per heavy atom. The van der Waals surface area contributed by atoms with Gasteiger partial charge in [0.15, 0.2) is 0 Å². The van der Waals surface area contributed by atoms with Gasteiger partial charge in [-0.15, -0.1) is 10.2 Å². The highest BCUT2D eigenvalue weighted by atomic mass is 16.2. The average molecular weight is 398 g/mol. The standard InChI is InChI=1S/C22H31N5O2/c1-15(2)20(24-21(28)17-10-8-16(3)9-11-17)22(29)23-13-12-19-26-25-18-7-5-4-6-14-27(18)19/h8-11,15,20H,4-7,12-14H2,1-3H3,(H,23,29)(H,24,28). The van der Waals surface area contributed by atoms with Crippen LogP contribution in [0.15, 0.2) is 24.3 Å². The fourth-order valence-corrected chi connectivity index (χ4v) is 3.60. The van der Waals surface area contributed by atoms with Crippen molar-refractivity contribution in [1.82, 2.24) is 25.4 Å². The van der Waals surface area contributed by atoms with Gasteiger partial charge in [0.1, 0.15) is 17.7 Å². The molecule has 7 nitrogen and oxygen atoms in total. The van der Waals surface area contributed by atoms with Crippen LogP contribution in [0.2, 0.25) is 0 Å². The van der Waals surface area contributed by atoms with E-state index in [0.29, 0.717) is 18.5 Å². The molecule has 2 amide bonds. The van der Waals surface area contributed by atoms with Crippen LogP contribution in [0.1, 0.15) is 60.7 Å². The van der Waals surface area contributed by atoms with Crippen LogP contribution in [-0.2, 0) is 24.2 Å². The summed E-state index contributed by atoms with van der Waals surface area (Å²) in [4.78, 5) is 25.2. The van der Waals surface area contributed by atoms with Crippen LogP contribution in [0.3, 0.4) is 0 Å². The van der Waals surface area contributed by atoms with E-state index in [1.807, 2.05) is 32.9 Å². The molecule has 1 unspecified atom stereocenters. The molecule has 1 aromatic heterocycles. The van der Waals surface area contributed by atoms with E-state index >= 15 is 0 Å². The fourth-order valence-electron chi connectivity index (χ4n) is 3.60. The van der Waals surface area contributed by atoms with Crippen molar-refractivity contribution in [1.29, 1.82) is 0 Å². The van der Waals surface area contributed by atoms with E-state index < -0.39 is 6.04 Å². The van der Waals surface area contributed by atoms with Crippen LogP contribution in [0.5, 0.6) is 0 Å². The number of aryl methyl sites for hydroxylation is 2. The molecule has 0 bridgehead atoms. The Morgan fingerprint density at radius 3 is 2.59 bits per heavy atom. The molecule has 7 heteroatoms. The molecule has 0 fully saturated rings. The first-order chi connectivity index (χ1) is 14.0. The number of fused-ring (bicyclic) bond motifs is 1. The summed E-state index contributed by atoms with van der Waals surface area (Å²) in [6.45, 7) is 7.25. The smallest absolute Gasteiger partial charge is 0.251 e. The number of benzene rings is 1. The van der Waals surface area contributed by atoms with E-state index in [1.165, 1.54) is 6.42 Å². The topological polar surface area (TPSA) is 88.9 Å². The summed E-state index contributed by atoms with van der Waals surface area (Å²) < 4.78 is 2.19. The third-order valence-corrected chi connectivity index (χ3v) is 5.38. The van der Waals surface area contributed by atoms with Crippen molar-refractivity contribution in [3.63, 3.8) is 0 Å². The molecule has 1 aliphatic rings. The highest BCUT2D eigenvalue weighted by Crippen LogP contribution is 2.14. The predicted molar refractivity (Wildman–Crippen MR) is 112 cm³/mol. The molecule has 2 N–H and O–H groups in total. The Hall–Kier alpha value is -2.70. The summed E-state index contributed by atoms with van der Waals surface area (Å²) in [6.07, 6.45) is 5.13. The number of nitrogens with zero attached hydrogens (tertiary/aromatic N) is 3. The molecule has 0 spiro atoms. The van der Waals surface area contributed by atoms with Crippen molar-refractivity contribution in [3.8, 4) is 0 Å². The maximum Gasteiger partial charge on any atom is 0.251 e. The van der Waals surface area contributed by atoms with Gasteiger partial charge in [-0.1, -0.05) is 38.0 Å². The molecule has 2 heterocycles. The first kappa shape index (κ1) is 21.0. The SMILES string of the molecule is Cc1ccc(C(=O)NC(C(=O)NCCc2nnc3n2CCCCC3)C(C)C)cc1. The van der Waals surface area contributed by atoms with Gasteiger partial charge in [-0.2, -0.15) is 0 Å². The number of carbonyl (C=O) groups is 2. The second kappa shape index (κ2) is 9.67. The van der Waals surface area contributed by atoms with E-state index in [0.717, 1.165) is 43.0 Å². The van der Waals surface area contributed by atoms with E-state index in [9.17, 15) is 9.59 Å². The molecule has 156 valence electrons. The summed E-state index contributed by atoms with van der Waals surface area (Å²) in [7, 11) is 0. The number of hydrogen-bond acceptors (Lipinski definition) is 4. The molecule has 0 aliphatic carbocycles. The quantitative estimate of drug-likeness (QED) is 0.751. The molecule has 1 aromatic carbocycles. The lowest BCUT2D eigenvalue weighted by molar-refractivity contribution is -0.123. The zero-order chi connectivity index (χ0) is 20.8. The van der Waals surface area contributed by atoms with Gasteiger partial charge < -0.3 is 15.2 Å². The highest BCUT2D eigenvalue weighted by Gasteiger charge is 2.24. The van der Waals surface area contributed by atoms with Crippen LogP contribution >= 0.6 is 0 Å². The van der Waals surface area contributed by atoms with Crippen LogP contribution in [-0.4, -0.2) is 39.2 Å². The number of aromatic nitrogens is 3. The maximum atomic E-state index is 12.7. The number of nitrogens with one attached hydrogen (secondary N) is 2. The maximum absolute atomic E-state index is 12.7. The Morgan fingerprint density at radius 1 is 1.10 bits per heavy atom. The minimum Gasteiger partial charge on any atom is -0.354 e. The molecular weight excluding hydrogens is 366 g/mol. The second-order valence-electron chi connectivity index (χ2n) is 8.10. The summed E-state index contributed by atoms with van der Waals surface area (Å²) in [5.74, 6) is 1.55. The first-order valence-corrected chi connectivity index (χ1v) is 10.5. The predicted octanol–water partition coefficient (Wildman–Crippen LogP) is 2.43. The van der Waals surface area contributed by atoms with Gasteiger partial charge in [-0.05, 0) is 37.8 Å². The minimum absolute atomic E-state index is 0.0197. The second-order valence-corrected chi connectivity index (χ2v) is 8.10. The van der Waals surface area contributed by atoms with Crippen LogP contribution in [0.4, 0.5) is 0 Å². The van der Waals surface area contributed by atoms with E-state index in [-0.39, 0.29) is 17.7 Å². The molecular formula is C22H31N5O2. The van der Waals surface area contributed by atoms with Crippen molar-refractivity contribution in [2.24, 2.45) is 5.92 Å². The van der Waals surface area contributed by atoms with Crippen molar-refractivity contribution in [2.45, 2.75) is 65.5 Å². The molecule has 0 saturated carbocycles. The molecule has 1 atom stereocenters. The monoisotopic (exact) mass is 397 g/mol. The first-order valence-electron chi connectivity index (χ1n) is 10.5. The Kier molecular flexibility index (Phi) is 7.01. The third kappa shape index (κ3) is 5.43. The third-order valence-electron chi connectivity index (χ3n) is 5.38. The number of amides is 2. The van der Waals surface area contributed by atoms with E-state index in [4.69, 9.17) is 0 Å². The molecule has 3 rings (SSSR count). The van der Waals surface area contributed by atoms with Gasteiger partial charge in [0, 0.05) is 31.5 Å². The fraction of sp³-hybridized carbons (Fsp3) is 0.545. The van der Waals surface area contributed by atoms with E-state index in [1.54, 1.807) is 12.1 Å². The Labute approximate surface area is 172 Å². The minimum atomic E-state index is -0.584. The summed E-state index contributed by atoms with van der Waals surface area (Å²) in [6, 6.07) is 6.75. The molecule has 1 aliphatic heterocycles. The summed E-state index contributed by atoms with van der Waals surface area (Å²) in [5.41, 5.74) is 1.64. The van der Waals surface area contributed by atoms with Crippen LogP contribution in [0, 0.1) is 12.8 Å². The summed E-state index contributed by atoms with van der Waals surface area (Å²) in [5, 5.41) is 14.4. The van der Waals surface area contributed by atoms with Crippen LogP contribution < -0.4 is 10.6 Å². The lowest BCUT2D eigenvalue weighted by atomic mass is 10.0. The van der Waals surface area contributed by atoms with Crippen molar-refractivity contribution in [2.75, 3.05) is 6.54 Å². The van der Waals surface area contributed by atoms with Gasteiger partial charge >= 0.3 is 0 Å². The van der Waals surface area contributed by atoms with E-state index in [2.05, 4.69) is 25.4 Å². The summed E-state index contributed by atoms with van der Waals surface area (Å²) >= 11 is 0. The van der Waals surface area contributed by atoms with Gasteiger partial charge in [0.25, 0.3) is 5.91 Å². The largest absolute Gasteiger partial charge is 0.354 e. The number of carbonyl (C=O) groups excluding carboxylic acids is 2. The molecule has 0 saturated heterocycles.